The van der Waals surface area contributed by atoms with Crippen LogP contribution in [0.15, 0.2) is 54.6 Å². The van der Waals surface area contributed by atoms with E-state index in [2.05, 4.69) is 18.3 Å². The van der Waals surface area contributed by atoms with E-state index in [0.29, 0.717) is 58.7 Å². The van der Waals surface area contributed by atoms with E-state index in [4.69, 9.17) is 26.7 Å². The predicted molar refractivity (Wildman–Crippen MR) is 238 cm³/mol. The first-order chi connectivity index (χ1) is 29.3. The second kappa shape index (κ2) is 24.4. The van der Waals surface area contributed by atoms with Crippen LogP contribution in [0.5, 0.6) is 11.5 Å². The van der Waals surface area contributed by atoms with Crippen LogP contribution in [0, 0.1) is 18.8 Å². The number of carbonyl (C=O) groups excluding carboxylic acids is 4. The fraction of sp³-hybridized carbons (Fsp3) is 0.521. The number of ether oxygens (including phenoxy) is 2. The Morgan fingerprint density at radius 3 is 2.13 bits per heavy atom. The average Bonchev–Trinajstić information content (AvgIpc) is 3.24. The number of nitrogens with two attached hydrogens (primary N) is 3. The van der Waals surface area contributed by atoms with Crippen LogP contribution in [0.25, 0.3) is 11.1 Å². The first-order valence-electron chi connectivity index (χ1n) is 21.9. The molecule has 4 bridgehead atoms. The number of nitrogens with zero attached hydrogens (tertiary/aromatic N) is 1. The molecule has 3 aromatic rings. The molecular formula is C48H67N5O8. The van der Waals surface area contributed by atoms with Gasteiger partial charge in [0.25, 0.3) is 0 Å². The van der Waals surface area contributed by atoms with Gasteiger partial charge in [0.1, 0.15) is 36.8 Å². The molecule has 0 saturated heterocycles. The molecule has 0 radical (unpaired) electrons. The van der Waals surface area contributed by atoms with Crippen molar-refractivity contribution in [2.75, 3.05) is 39.9 Å². The Morgan fingerprint density at radius 1 is 0.836 bits per heavy atom. The lowest BCUT2D eigenvalue weighted by molar-refractivity contribution is -0.144. The van der Waals surface area contributed by atoms with E-state index in [1.165, 1.54) is 49.6 Å². The number of amides is 2. The normalized spacial score (nSPS) is 17.2. The van der Waals surface area contributed by atoms with Gasteiger partial charge >= 0.3 is 5.97 Å². The molecule has 1 heterocycles. The summed E-state index contributed by atoms with van der Waals surface area (Å²) in [7, 11) is 1.54. The van der Waals surface area contributed by atoms with Crippen LogP contribution in [-0.2, 0) is 32.0 Å². The van der Waals surface area contributed by atoms with Gasteiger partial charge in [0.15, 0.2) is 11.6 Å². The number of hydrogen-bond acceptors (Lipinski definition) is 10. The van der Waals surface area contributed by atoms with Gasteiger partial charge in [-0.25, -0.2) is 4.79 Å². The number of benzene rings is 3. The van der Waals surface area contributed by atoms with E-state index in [1.54, 1.807) is 43.3 Å². The van der Waals surface area contributed by atoms with Gasteiger partial charge in [0.2, 0.25) is 11.8 Å². The van der Waals surface area contributed by atoms with E-state index < -0.39 is 47.5 Å². The molecule has 2 amide bonds. The number of aliphatic carboxylic acids is 1. The molecule has 0 fully saturated rings. The number of carboxylic acid groups (broad SMARTS) is 1. The highest BCUT2D eigenvalue weighted by Crippen LogP contribution is 2.41. The molecule has 1 aliphatic heterocycles. The van der Waals surface area contributed by atoms with Crippen molar-refractivity contribution in [3.63, 3.8) is 0 Å². The lowest BCUT2D eigenvalue weighted by atomic mass is 9.87. The van der Waals surface area contributed by atoms with Gasteiger partial charge < -0.3 is 42.0 Å². The minimum Gasteiger partial charge on any atom is -0.492 e. The van der Waals surface area contributed by atoms with Crippen molar-refractivity contribution < 1.29 is 38.6 Å². The number of aryl methyl sites for hydroxylation is 2. The maximum atomic E-state index is 14.7. The SMILES string of the molecule is CCCCCCCCc1ccc(C(=O)C[C@@H](CCCN)C(=O)N(C)[C@@H]2C(=O)C[C@@H](C)C(=O)N[C@H](C(=O)O)Cc3ccc(OCCN)c(c3)-c3cc2ccc3OCCN)c(C)c1. The second-order valence-electron chi connectivity index (χ2n) is 16.3. The zero-order valence-electron chi connectivity index (χ0n) is 36.5. The summed E-state index contributed by atoms with van der Waals surface area (Å²) in [6.07, 6.45) is 8.52. The van der Waals surface area contributed by atoms with E-state index in [0.717, 1.165) is 18.4 Å². The molecule has 13 nitrogen and oxygen atoms in total. The summed E-state index contributed by atoms with van der Waals surface area (Å²) in [5.74, 6) is -3.75. The molecule has 0 spiro atoms. The molecule has 13 heteroatoms. The molecule has 0 aliphatic carbocycles. The summed E-state index contributed by atoms with van der Waals surface area (Å²) >= 11 is 0. The van der Waals surface area contributed by atoms with Crippen LogP contribution in [0.2, 0.25) is 0 Å². The van der Waals surface area contributed by atoms with Gasteiger partial charge in [-0.2, -0.15) is 0 Å². The first kappa shape index (κ1) is 48.6. The van der Waals surface area contributed by atoms with Gasteiger partial charge in [-0.3, -0.25) is 19.2 Å². The van der Waals surface area contributed by atoms with Crippen molar-refractivity contribution in [3.8, 4) is 22.6 Å². The number of Topliss-reactive ketones (excluding diaryl/α,β-unsaturated/α-hetero) is 2. The maximum absolute atomic E-state index is 14.7. The van der Waals surface area contributed by atoms with Crippen molar-refractivity contribution in [1.82, 2.24) is 10.2 Å². The molecule has 0 unspecified atom stereocenters. The highest BCUT2D eigenvalue weighted by Gasteiger charge is 2.36. The van der Waals surface area contributed by atoms with Crippen LogP contribution in [0.1, 0.15) is 117 Å². The van der Waals surface area contributed by atoms with Crippen molar-refractivity contribution in [2.24, 2.45) is 29.0 Å². The van der Waals surface area contributed by atoms with E-state index in [-0.39, 0.29) is 51.3 Å². The van der Waals surface area contributed by atoms with Crippen molar-refractivity contribution in [1.29, 1.82) is 0 Å². The topological polar surface area (TPSA) is 217 Å². The van der Waals surface area contributed by atoms with Gasteiger partial charge in [-0.05, 0) is 85.7 Å². The number of hydrogen-bond donors (Lipinski definition) is 5. The summed E-state index contributed by atoms with van der Waals surface area (Å²) in [5, 5.41) is 12.8. The second-order valence-corrected chi connectivity index (χ2v) is 16.3. The summed E-state index contributed by atoms with van der Waals surface area (Å²) in [4.78, 5) is 70.6. The zero-order valence-corrected chi connectivity index (χ0v) is 36.5. The van der Waals surface area contributed by atoms with E-state index >= 15 is 0 Å². The lowest BCUT2D eigenvalue weighted by Crippen LogP contribution is -2.45. The van der Waals surface area contributed by atoms with Crippen molar-refractivity contribution in [3.05, 3.63) is 82.4 Å². The number of fused-ring (bicyclic) bond motifs is 5. The molecule has 0 saturated carbocycles. The molecule has 61 heavy (non-hydrogen) atoms. The first-order valence-corrected chi connectivity index (χ1v) is 21.9. The van der Waals surface area contributed by atoms with Crippen molar-refractivity contribution >= 4 is 29.4 Å². The Morgan fingerprint density at radius 2 is 1.49 bits per heavy atom. The third kappa shape index (κ3) is 13.7. The van der Waals surface area contributed by atoms with Crippen LogP contribution in [-0.4, -0.2) is 85.3 Å². The Hall–Kier alpha value is -5.11. The fourth-order valence-corrected chi connectivity index (χ4v) is 8.04. The standard InChI is InChI=1S/C48H67N5O8/c1-5-6-7-8-9-10-12-33-14-17-37(31(2)25-33)41(54)30-36(13-11-20-49)47(57)53(4)45-35-16-19-44(61-24-22-51)39(29-35)38-27-34(15-18-43(38)60-23-21-50)28-40(48(58)59)52-46(56)32(3)26-42(45)55/h14-19,25,27,29,32,36,40,45H,5-13,20-24,26,28,30,49-51H2,1-4H3,(H,52,56)(H,58,59)/t32-,36-,40+,45+/m1/s1. The monoisotopic (exact) mass is 841 g/mol. The van der Waals surface area contributed by atoms with Gasteiger partial charge in [-0.1, -0.05) is 76.3 Å². The Kier molecular flexibility index (Phi) is 19.4. The number of likely N-dealkylation sites (N-methyl/N-ethyl adjacent to an activating group) is 1. The number of nitrogens with one attached hydrogen (secondary N) is 1. The average molecular weight is 842 g/mol. The summed E-state index contributed by atoms with van der Waals surface area (Å²) in [6.45, 7) is 6.79. The van der Waals surface area contributed by atoms with Crippen LogP contribution < -0.4 is 32.0 Å². The summed E-state index contributed by atoms with van der Waals surface area (Å²) in [6, 6.07) is 13.8. The number of unbranched alkanes of at least 4 members (excludes halogenated alkanes) is 5. The Bertz CT molecular complexity index is 1970. The summed E-state index contributed by atoms with van der Waals surface area (Å²) in [5.41, 5.74) is 22.2. The van der Waals surface area contributed by atoms with Crippen LogP contribution in [0.4, 0.5) is 0 Å². The largest absolute Gasteiger partial charge is 0.492 e. The van der Waals surface area contributed by atoms with Crippen LogP contribution in [0.3, 0.4) is 0 Å². The lowest BCUT2D eigenvalue weighted by Gasteiger charge is -2.32. The molecule has 4 rings (SSSR count). The highest BCUT2D eigenvalue weighted by atomic mass is 16.5. The third-order valence-electron chi connectivity index (χ3n) is 11.4. The molecule has 1 aliphatic rings. The van der Waals surface area contributed by atoms with E-state index in [9.17, 15) is 29.1 Å². The molecule has 3 aromatic carbocycles. The van der Waals surface area contributed by atoms with Crippen LogP contribution >= 0.6 is 0 Å². The third-order valence-corrected chi connectivity index (χ3v) is 11.4. The number of carboxylic acids is 1. The Balaban J connectivity index is 1.76. The van der Waals surface area contributed by atoms with Crippen molar-refractivity contribution in [2.45, 2.75) is 110 Å². The molecule has 332 valence electrons. The quantitative estimate of drug-likeness (QED) is 0.0576. The molecular weight excluding hydrogens is 775 g/mol. The van der Waals surface area contributed by atoms with Gasteiger partial charge in [-0.15, -0.1) is 0 Å². The molecule has 4 atom stereocenters. The number of carbonyl (C=O) groups is 5. The highest BCUT2D eigenvalue weighted by molar-refractivity contribution is 6.01. The number of ketones is 2. The number of rotatable bonds is 22. The summed E-state index contributed by atoms with van der Waals surface area (Å²) < 4.78 is 12.2. The van der Waals surface area contributed by atoms with Gasteiger partial charge in [0.05, 0.1) is 0 Å². The fourth-order valence-electron chi connectivity index (χ4n) is 8.04. The van der Waals surface area contributed by atoms with E-state index in [1.807, 2.05) is 19.1 Å². The molecule has 0 aromatic heterocycles. The zero-order chi connectivity index (χ0) is 44.5. The minimum absolute atomic E-state index is 0.0454. The predicted octanol–water partition coefficient (Wildman–Crippen LogP) is 6.09. The smallest absolute Gasteiger partial charge is 0.326 e. The maximum Gasteiger partial charge on any atom is 0.326 e. The van der Waals surface area contributed by atoms with Gasteiger partial charge in [0, 0.05) is 67.9 Å². The Labute approximate surface area is 361 Å². The molecule has 8 N–H and O–H groups in total. The minimum atomic E-state index is -1.29.